The van der Waals surface area contributed by atoms with Crippen LogP contribution in [0.25, 0.3) is 0 Å². The van der Waals surface area contributed by atoms with Crippen molar-refractivity contribution in [1.82, 2.24) is 5.32 Å². The van der Waals surface area contributed by atoms with E-state index in [-0.39, 0.29) is 12.6 Å². The topological polar surface area (TPSA) is 49.3 Å². The second-order valence-electron chi connectivity index (χ2n) is 2.25. The molecule has 0 bridgehead atoms. The van der Waals surface area contributed by atoms with Gasteiger partial charge in [-0.1, -0.05) is 13.8 Å². The van der Waals surface area contributed by atoms with Crippen LogP contribution in [0.3, 0.4) is 0 Å². The summed E-state index contributed by atoms with van der Waals surface area (Å²) in [5.41, 5.74) is 0. The Morgan fingerprint density at radius 3 is 2.33 bits per heavy atom. The molecule has 0 fully saturated rings. The molecule has 9 heavy (non-hydrogen) atoms. The van der Waals surface area contributed by atoms with Crippen molar-refractivity contribution in [2.24, 2.45) is 0 Å². The summed E-state index contributed by atoms with van der Waals surface area (Å²) in [6, 6.07) is -0.155. The summed E-state index contributed by atoms with van der Waals surface area (Å²) in [4.78, 5) is 10.0. The number of nitrogens with one attached hydrogen (secondary N) is 1. The van der Waals surface area contributed by atoms with E-state index in [1.54, 1.807) is 0 Å². The summed E-state index contributed by atoms with van der Waals surface area (Å²) in [6.07, 6.45) is 0.708. The van der Waals surface area contributed by atoms with Gasteiger partial charge in [0.05, 0.1) is 12.6 Å². The van der Waals surface area contributed by atoms with Crippen molar-refractivity contribution in [3.63, 3.8) is 0 Å². The first-order valence-electron chi connectivity index (χ1n) is 3.03. The van der Waals surface area contributed by atoms with Gasteiger partial charge >= 0.3 is 0 Å². The maximum atomic E-state index is 10.0. The lowest BCUT2D eigenvalue weighted by Gasteiger charge is -2.11. The maximum absolute atomic E-state index is 10.0. The van der Waals surface area contributed by atoms with E-state index in [0.717, 1.165) is 0 Å². The third-order valence-electron chi connectivity index (χ3n) is 0.908. The zero-order chi connectivity index (χ0) is 7.28. The minimum absolute atomic E-state index is 0.123. The normalized spacial score (nSPS) is 13.8. The van der Waals surface area contributed by atoms with Gasteiger partial charge in [-0.15, -0.1) is 0 Å². The summed E-state index contributed by atoms with van der Waals surface area (Å²) in [5.74, 6) is 0. The minimum Gasteiger partial charge on any atom is -0.394 e. The van der Waals surface area contributed by atoms with Crippen molar-refractivity contribution in [3.05, 3.63) is 0 Å². The molecule has 54 valence electrons. The highest BCUT2D eigenvalue weighted by atomic mass is 16.3. The predicted octanol–water partition coefficient (Wildman–Crippen LogP) is -0.456. The summed E-state index contributed by atoms with van der Waals surface area (Å²) in [7, 11) is 0. The van der Waals surface area contributed by atoms with Gasteiger partial charge < -0.3 is 15.2 Å². The Hall–Kier alpha value is -0.410. The van der Waals surface area contributed by atoms with Gasteiger partial charge in [-0.25, -0.2) is 0 Å². The van der Waals surface area contributed by atoms with Crippen LogP contribution >= 0.6 is 0 Å². The van der Waals surface area contributed by atoms with Crippen molar-refractivity contribution in [3.8, 4) is 0 Å². The lowest BCUT2D eigenvalue weighted by Crippen LogP contribution is -2.38. The molecule has 0 spiro atoms. The van der Waals surface area contributed by atoms with Gasteiger partial charge in [-0.3, -0.25) is 0 Å². The predicted molar refractivity (Wildman–Crippen MR) is 35.2 cm³/mol. The van der Waals surface area contributed by atoms with E-state index >= 15 is 0 Å². The summed E-state index contributed by atoms with van der Waals surface area (Å²) in [5, 5.41) is 11.3. The Balaban J connectivity index is 3.42. The fourth-order valence-electron chi connectivity index (χ4n) is 0.563. The van der Waals surface area contributed by atoms with Crippen molar-refractivity contribution in [2.45, 2.75) is 25.9 Å². The molecule has 0 aliphatic carbocycles. The van der Waals surface area contributed by atoms with Crippen LogP contribution < -0.4 is 5.32 Å². The van der Waals surface area contributed by atoms with E-state index in [4.69, 9.17) is 5.11 Å². The molecular weight excluding hydrogens is 118 g/mol. The Morgan fingerprint density at radius 1 is 1.67 bits per heavy atom. The molecule has 0 aromatic heterocycles. The average Bonchev–Trinajstić information content (AvgIpc) is 1.82. The maximum Gasteiger partial charge on any atom is 0.139 e. The highest BCUT2D eigenvalue weighted by molar-refractivity contribution is 5.57. The second kappa shape index (κ2) is 4.47. The van der Waals surface area contributed by atoms with Crippen molar-refractivity contribution < 1.29 is 9.90 Å². The monoisotopic (exact) mass is 131 g/mol. The molecule has 1 atom stereocenters. The van der Waals surface area contributed by atoms with Crippen LogP contribution in [-0.2, 0) is 4.79 Å². The van der Waals surface area contributed by atoms with Gasteiger partial charge in [0.15, 0.2) is 0 Å². The Kier molecular flexibility index (Phi) is 4.26. The molecule has 0 radical (unpaired) electrons. The third kappa shape index (κ3) is 4.12. The number of rotatable bonds is 4. The quantitative estimate of drug-likeness (QED) is 0.508. The van der Waals surface area contributed by atoms with Crippen LogP contribution in [0.1, 0.15) is 13.8 Å². The van der Waals surface area contributed by atoms with E-state index in [9.17, 15) is 4.79 Å². The average molecular weight is 131 g/mol. The molecular formula is C6H13NO2. The van der Waals surface area contributed by atoms with Crippen LogP contribution in [-0.4, -0.2) is 30.1 Å². The molecule has 0 aliphatic rings. The molecule has 0 saturated heterocycles. The summed E-state index contributed by atoms with van der Waals surface area (Å²) in [6.45, 7) is 3.72. The number of hydrogen-bond donors (Lipinski definition) is 2. The number of aliphatic hydroxyl groups is 1. The van der Waals surface area contributed by atoms with E-state index in [0.29, 0.717) is 6.29 Å². The molecule has 0 saturated carbocycles. The van der Waals surface area contributed by atoms with Gasteiger partial charge in [-0.05, 0) is 0 Å². The lowest BCUT2D eigenvalue weighted by atomic mass is 10.3. The van der Waals surface area contributed by atoms with Crippen LogP contribution in [0.4, 0.5) is 0 Å². The standard InChI is InChI=1S/C6H13NO2/c1-5(2)7-6(3-8)4-9/h3,5-7,9H,4H2,1-2H3. The second-order valence-corrected chi connectivity index (χ2v) is 2.25. The Bertz CT molecular complexity index is 83.1. The molecule has 3 heteroatoms. The zero-order valence-corrected chi connectivity index (χ0v) is 5.79. The highest BCUT2D eigenvalue weighted by Crippen LogP contribution is 1.80. The van der Waals surface area contributed by atoms with Gasteiger partial charge in [-0.2, -0.15) is 0 Å². The Labute approximate surface area is 55.1 Å². The van der Waals surface area contributed by atoms with Gasteiger partial charge in [0.1, 0.15) is 6.29 Å². The number of aliphatic hydroxyl groups excluding tert-OH is 1. The van der Waals surface area contributed by atoms with Crippen LogP contribution in [0.15, 0.2) is 0 Å². The molecule has 1 unspecified atom stereocenters. The van der Waals surface area contributed by atoms with Gasteiger partial charge in [0.25, 0.3) is 0 Å². The third-order valence-corrected chi connectivity index (χ3v) is 0.908. The highest BCUT2D eigenvalue weighted by Gasteiger charge is 2.04. The molecule has 3 nitrogen and oxygen atoms in total. The van der Waals surface area contributed by atoms with Crippen LogP contribution in [0.5, 0.6) is 0 Å². The molecule has 0 aromatic rings. The summed E-state index contributed by atoms with van der Waals surface area (Å²) < 4.78 is 0. The Morgan fingerprint density at radius 2 is 2.22 bits per heavy atom. The number of carbonyl (C=O) groups excluding carboxylic acids is 1. The first-order chi connectivity index (χ1) is 4.20. The van der Waals surface area contributed by atoms with Gasteiger partial charge in [0.2, 0.25) is 0 Å². The number of hydrogen-bond acceptors (Lipinski definition) is 3. The largest absolute Gasteiger partial charge is 0.394 e. The first-order valence-corrected chi connectivity index (χ1v) is 3.03. The molecule has 0 aromatic carbocycles. The lowest BCUT2D eigenvalue weighted by molar-refractivity contribution is -0.110. The molecule has 0 aliphatic heterocycles. The minimum atomic E-state index is -0.398. The fraction of sp³-hybridized carbons (Fsp3) is 0.833. The molecule has 0 rings (SSSR count). The fourth-order valence-corrected chi connectivity index (χ4v) is 0.563. The van der Waals surface area contributed by atoms with E-state index < -0.39 is 6.04 Å². The first kappa shape index (κ1) is 8.59. The molecule has 0 heterocycles. The summed E-state index contributed by atoms with van der Waals surface area (Å²) >= 11 is 0. The number of carbonyl (C=O) groups is 1. The van der Waals surface area contributed by atoms with E-state index in [1.165, 1.54) is 0 Å². The van der Waals surface area contributed by atoms with E-state index in [2.05, 4.69) is 5.32 Å². The van der Waals surface area contributed by atoms with Crippen LogP contribution in [0.2, 0.25) is 0 Å². The molecule has 0 amide bonds. The number of aldehydes is 1. The van der Waals surface area contributed by atoms with E-state index in [1.807, 2.05) is 13.8 Å². The van der Waals surface area contributed by atoms with Crippen LogP contribution in [0, 0.1) is 0 Å². The molecule has 2 N–H and O–H groups in total. The van der Waals surface area contributed by atoms with Crippen molar-refractivity contribution >= 4 is 6.29 Å². The van der Waals surface area contributed by atoms with Crippen molar-refractivity contribution in [2.75, 3.05) is 6.61 Å². The smallest absolute Gasteiger partial charge is 0.139 e. The van der Waals surface area contributed by atoms with Gasteiger partial charge in [0, 0.05) is 6.04 Å². The zero-order valence-electron chi connectivity index (χ0n) is 5.79. The SMILES string of the molecule is CC(C)NC(C=O)CO. The van der Waals surface area contributed by atoms with Crippen molar-refractivity contribution in [1.29, 1.82) is 0 Å².